The van der Waals surface area contributed by atoms with E-state index in [1.165, 1.54) is 25.7 Å². The number of hydrogen-bond acceptors (Lipinski definition) is 3. The lowest BCUT2D eigenvalue weighted by Crippen LogP contribution is -2.39. The Morgan fingerprint density at radius 2 is 1.80 bits per heavy atom. The van der Waals surface area contributed by atoms with Gasteiger partial charge in [0, 0.05) is 23.9 Å². The summed E-state index contributed by atoms with van der Waals surface area (Å²) in [6.45, 7) is 0. The van der Waals surface area contributed by atoms with E-state index in [-0.39, 0.29) is 5.56 Å². The van der Waals surface area contributed by atoms with E-state index in [0.29, 0.717) is 28.4 Å². The van der Waals surface area contributed by atoms with Crippen LogP contribution in [-0.2, 0) is 0 Å². The van der Waals surface area contributed by atoms with Gasteiger partial charge in [-0.1, -0.05) is 0 Å². The van der Waals surface area contributed by atoms with Crippen molar-refractivity contribution in [2.24, 2.45) is 0 Å². The van der Waals surface area contributed by atoms with Crippen molar-refractivity contribution in [2.75, 3.05) is 7.05 Å². The minimum absolute atomic E-state index is 0.00294. The summed E-state index contributed by atoms with van der Waals surface area (Å²) in [4.78, 5) is 22.5. The average Bonchev–Trinajstić information content (AvgIpc) is 3.23. The van der Waals surface area contributed by atoms with Crippen molar-refractivity contribution in [1.82, 2.24) is 14.9 Å². The summed E-state index contributed by atoms with van der Waals surface area (Å²) in [5.41, 5.74) is 0.998. The monoisotopic (exact) mass is 337 g/mol. The SMILES string of the molecule is CN1C2CCC1CC(c1nc(C3CC3)c(Br)c(=O)[nH]1)C2. The number of aromatic amines is 1. The van der Waals surface area contributed by atoms with E-state index in [2.05, 4.69) is 32.9 Å². The second kappa shape index (κ2) is 4.67. The van der Waals surface area contributed by atoms with Gasteiger partial charge in [0.15, 0.2) is 0 Å². The lowest BCUT2D eigenvalue weighted by molar-refractivity contribution is 0.158. The molecular weight excluding hydrogens is 318 g/mol. The molecule has 1 N–H and O–H groups in total. The molecule has 0 amide bonds. The first-order chi connectivity index (χ1) is 9.63. The third-order valence-electron chi connectivity index (χ3n) is 5.36. The first-order valence-electron chi connectivity index (χ1n) is 7.65. The molecule has 2 saturated heterocycles. The number of aromatic nitrogens is 2. The van der Waals surface area contributed by atoms with Gasteiger partial charge in [-0.15, -0.1) is 0 Å². The number of rotatable bonds is 2. The van der Waals surface area contributed by atoms with Crippen LogP contribution in [0.25, 0.3) is 0 Å². The summed E-state index contributed by atoms with van der Waals surface area (Å²) in [5.74, 6) is 1.88. The Morgan fingerprint density at radius 1 is 1.15 bits per heavy atom. The molecule has 1 aromatic heterocycles. The van der Waals surface area contributed by atoms with Gasteiger partial charge in [-0.2, -0.15) is 0 Å². The maximum absolute atomic E-state index is 12.1. The van der Waals surface area contributed by atoms with Crippen LogP contribution in [0.3, 0.4) is 0 Å². The highest BCUT2D eigenvalue weighted by atomic mass is 79.9. The molecule has 2 bridgehead atoms. The molecule has 1 aliphatic carbocycles. The topological polar surface area (TPSA) is 49.0 Å². The van der Waals surface area contributed by atoms with Crippen LogP contribution in [0.5, 0.6) is 0 Å². The summed E-state index contributed by atoms with van der Waals surface area (Å²) < 4.78 is 0.652. The van der Waals surface area contributed by atoms with Crippen LogP contribution in [0.1, 0.15) is 61.9 Å². The molecule has 1 saturated carbocycles. The molecule has 3 aliphatic rings. The number of halogens is 1. The van der Waals surface area contributed by atoms with E-state index < -0.39 is 0 Å². The Morgan fingerprint density at radius 3 is 2.40 bits per heavy atom. The fraction of sp³-hybridized carbons (Fsp3) is 0.733. The van der Waals surface area contributed by atoms with Gasteiger partial charge in [0.1, 0.15) is 10.3 Å². The molecule has 108 valence electrons. The molecule has 4 rings (SSSR count). The Balaban J connectivity index is 1.67. The predicted molar refractivity (Wildman–Crippen MR) is 81.1 cm³/mol. The molecule has 2 atom stereocenters. The van der Waals surface area contributed by atoms with Crippen molar-refractivity contribution in [2.45, 2.75) is 62.4 Å². The van der Waals surface area contributed by atoms with Crippen molar-refractivity contribution in [3.8, 4) is 0 Å². The van der Waals surface area contributed by atoms with Gasteiger partial charge in [-0.25, -0.2) is 4.98 Å². The Labute approximate surface area is 127 Å². The summed E-state index contributed by atoms with van der Waals surface area (Å²) in [5, 5.41) is 0. The molecule has 2 aliphatic heterocycles. The van der Waals surface area contributed by atoms with Crippen LogP contribution in [0, 0.1) is 0 Å². The number of piperidine rings is 1. The zero-order valence-electron chi connectivity index (χ0n) is 11.7. The predicted octanol–water partition coefficient (Wildman–Crippen LogP) is 2.75. The first kappa shape index (κ1) is 13.0. The van der Waals surface area contributed by atoms with Gasteiger partial charge in [-0.05, 0) is 61.5 Å². The van der Waals surface area contributed by atoms with E-state index in [4.69, 9.17) is 4.98 Å². The summed E-state index contributed by atoms with van der Waals surface area (Å²) in [6, 6.07) is 1.36. The zero-order chi connectivity index (χ0) is 13.9. The molecule has 3 heterocycles. The van der Waals surface area contributed by atoms with Crippen molar-refractivity contribution in [1.29, 1.82) is 0 Å². The molecule has 3 fully saturated rings. The van der Waals surface area contributed by atoms with Gasteiger partial charge in [0.25, 0.3) is 5.56 Å². The van der Waals surface area contributed by atoms with E-state index >= 15 is 0 Å². The van der Waals surface area contributed by atoms with Crippen LogP contribution in [0.2, 0.25) is 0 Å². The number of nitrogens with one attached hydrogen (secondary N) is 1. The van der Waals surface area contributed by atoms with Crippen molar-refractivity contribution < 1.29 is 0 Å². The fourth-order valence-corrected chi connectivity index (χ4v) is 4.46. The second-order valence-corrected chi connectivity index (χ2v) is 7.44. The largest absolute Gasteiger partial charge is 0.309 e. The summed E-state index contributed by atoms with van der Waals surface area (Å²) >= 11 is 3.41. The molecular formula is C15H20BrN3O. The molecule has 0 spiro atoms. The van der Waals surface area contributed by atoms with Gasteiger partial charge < -0.3 is 9.88 Å². The Bertz CT molecular complexity index is 581. The number of H-pyrrole nitrogens is 1. The average molecular weight is 338 g/mol. The highest BCUT2D eigenvalue weighted by molar-refractivity contribution is 9.10. The van der Waals surface area contributed by atoms with E-state index in [1.807, 2.05) is 0 Å². The lowest BCUT2D eigenvalue weighted by atomic mass is 9.90. The number of nitrogens with zero attached hydrogens (tertiary/aromatic N) is 2. The van der Waals surface area contributed by atoms with Gasteiger partial charge in [-0.3, -0.25) is 4.79 Å². The maximum atomic E-state index is 12.1. The lowest BCUT2D eigenvalue weighted by Gasteiger charge is -2.35. The van der Waals surface area contributed by atoms with Crippen LogP contribution >= 0.6 is 15.9 Å². The van der Waals surface area contributed by atoms with Gasteiger partial charge in [0.2, 0.25) is 0 Å². The van der Waals surface area contributed by atoms with Crippen LogP contribution < -0.4 is 5.56 Å². The highest BCUT2D eigenvalue weighted by Crippen LogP contribution is 2.44. The fourth-order valence-electron chi connectivity index (χ4n) is 3.95. The maximum Gasteiger partial charge on any atom is 0.265 e. The smallest absolute Gasteiger partial charge is 0.265 e. The third-order valence-corrected chi connectivity index (χ3v) is 6.12. The summed E-state index contributed by atoms with van der Waals surface area (Å²) in [6.07, 6.45) is 7.23. The van der Waals surface area contributed by atoms with E-state index in [0.717, 1.165) is 24.4 Å². The molecule has 2 unspecified atom stereocenters. The quantitative estimate of drug-likeness (QED) is 0.902. The van der Waals surface area contributed by atoms with Gasteiger partial charge >= 0.3 is 0 Å². The second-order valence-electron chi connectivity index (χ2n) is 6.64. The van der Waals surface area contributed by atoms with Crippen LogP contribution in [-0.4, -0.2) is 34.0 Å². The normalized spacial score (nSPS) is 33.6. The molecule has 4 nitrogen and oxygen atoms in total. The molecule has 5 heteroatoms. The van der Waals surface area contributed by atoms with Crippen molar-refractivity contribution in [3.05, 3.63) is 26.3 Å². The number of hydrogen-bond donors (Lipinski definition) is 1. The molecule has 1 aromatic rings. The molecule has 0 radical (unpaired) electrons. The zero-order valence-corrected chi connectivity index (χ0v) is 13.3. The standard InChI is InChI=1S/C15H20BrN3O/c1-19-10-4-5-11(19)7-9(6-10)14-17-13(8-2-3-8)12(16)15(20)18-14/h8-11H,2-7H2,1H3,(H,17,18,20). The van der Waals surface area contributed by atoms with E-state index in [1.54, 1.807) is 0 Å². The highest BCUT2D eigenvalue weighted by Gasteiger charge is 2.40. The van der Waals surface area contributed by atoms with Gasteiger partial charge in [0.05, 0.1) is 5.69 Å². The Hall–Kier alpha value is -0.680. The summed E-state index contributed by atoms with van der Waals surface area (Å²) in [7, 11) is 2.24. The Kier molecular flexibility index (Phi) is 3.04. The molecule has 0 aromatic carbocycles. The number of fused-ring (bicyclic) bond motifs is 2. The third kappa shape index (κ3) is 2.06. The van der Waals surface area contributed by atoms with Crippen LogP contribution in [0.15, 0.2) is 9.27 Å². The van der Waals surface area contributed by atoms with E-state index in [9.17, 15) is 4.79 Å². The molecule has 20 heavy (non-hydrogen) atoms. The minimum Gasteiger partial charge on any atom is -0.309 e. The van der Waals surface area contributed by atoms with Crippen molar-refractivity contribution >= 4 is 15.9 Å². The first-order valence-corrected chi connectivity index (χ1v) is 8.44. The van der Waals surface area contributed by atoms with Crippen LogP contribution in [0.4, 0.5) is 0 Å². The van der Waals surface area contributed by atoms with Crippen molar-refractivity contribution in [3.63, 3.8) is 0 Å². The minimum atomic E-state index is 0.00294.